The number of hydrogen-bond donors (Lipinski definition) is 1. The van der Waals surface area contributed by atoms with Crippen molar-refractivity contribution in [1.82, 2.24) is 0 Å². The minimum Gasteiger partial charge on any atom is -0.380 e. The Morgan fingerprint density at radius 3 is 2.74 bits per heavy atom. The summed E-state index contributed by atoms with van der Waals surface area (Å²) < 4.78 is 13.7. The van der Waals surface area contributed by atoms with Gasteiger partial charge in [-0.2, -0.15) is 5.26 Å². The minimum atomic E-state index is -0.292. The molecular weight excluding hydrogens is 331 g/mol. The van der Waals surface area contributed by atoms with E-state index in [1.165, 1.54) is 12.1 Å². The Balaban J connectivity index is 2.16. The largest absolute Gasteiger partial charge is 0.380 e. The van der Waals surface area contributed by atoms with E-state index in [1.807, 2.05) is 0 Å². The second kappa shape index (κ2) is 6.05. The van der Waals surface area contributed by atoms with Gasteiger partial charge in [0, 0.05) is 11.0 Å². The van der Waals surface area contributed by atoms with Gasteiger partial charge in [-0.25, -0.2) is 4.39 Å². The minimum absolute atomic E-state index is 0.292. The highest BCUT2D eigenvalue weighted by Crippen LogP contribution is 2.25. The lowest BCUT2D eigenvalue weighted by atomic mass is 10.2. The van der Waals surface area contributed by atoms with E-state index in [0.29, 0.717) is 27.3 Å². The van der Waals surface area contributed by atoms with Gasteiger partial charge in [-0.1, -0.05) is 33.6 Å². The number of halogens is 3. The van der Waals surface area contributed by atoms with E-state index < -0.39 is 0 Å². The summed E-state index contributed by atoms with van der Waals surface area (Å²) in [6.45, 7) is 0.482. The van der Waals surface area contributed by atoms with E-state index in [-0.39, 0.29) is 5.82 Å². The summed E-state index contributed by atoms with van der Waals surface area (Å²) in [5.74, 6) is -0.292. The van der Waals surface area contributed by atoms with Gasteiger partial charge in [0.25, 0.3) is 0 Å². The quantitative estimate of drug-likeness (QED) is 0.878. The van der Waals surface area contributed by atoms with Crippen molar-refractivity contribution in [2.75, 3.05) is 5.32 Å². The molecule has 5 heteroatoms. The first-order valence-corrected chi connectivity index (χ1v) is 6.64. The molecular formula is C14H9BrClFN2. The van der Waals surface area contributed by atoms with Crippen LogP contribution in [0.5, 0.6) is 0 Å². The number of nitriles is 1. The summed E-state index contributed by atoms with van der Waals surface area (Å²) in [5.41, 5.74) is 2.11. The average Bonchev–Trinajstić information content (AvgIpc) is 2.39. The van der Waals surface area contributed by atoms with Crippen LogP contribution in [0.3, 0.4) is 0 Å². The van der Waals surface area contributed by atoms with E-state index in [4.69, 9.17) is 16.9 Å². The molecule has 2 rings (SSSR count). The normalized spacial score (nSPS) is 10.0. The first-order valence-electron chi connectivity index (χ1n) is 5.47. The fourth-order valence-corrected chi connectivity index (χ4v) is 2.26. The maximum Gasteiger partial charge on any atom is 0.124 e. The molecule has 0 aliphatic rings. The predicted molar refractivity (Wildman–Crippen MR) is 77.6 cm³/mol. The number of hydrogen-bond acceptors (Lipinski definition) is 2. The van der Waals surface area contributed by atoms with Crippen molar-refractivity contribution in [3.63, 3.8) is 0 Å². The van der Waals surface area contributed by atoms with E-state index >= 15 is 0 Å². The van der Waals surface area contributed by atoms with Crippen LogP contribution in [0, 0.1) is 17.1 Å². The Bertz CT molecular complexity index is 652. The van der Waals surface area contributed by atoms with Crippen LogP contribution < -0.4 is 5.32 Å². The average molecular weight is 340 g/mol. The highest BCUT2D eigenvalue weighted by Gasteiger charge is 2.04. The van der Waals surface area contributed by atoms with Crippen molar-refractivity contribution in [3.05, 3.63) is 62.8 Å². The third-order valence-corrected chi connectivity index (χ3v) is 3.65. The molecule has 2 aromatic rings. The summed E-state index contributed by atoms with van der Waals surface area (Å²) in [7, 11) is 0. The van der Waals surface area contributed by atoms with Gasteiger partial charge < -0.3 is 5.32 Å². The standard InChI is InChI=1S/C14H9BrClFN2/c15-12-6-11(17)3-2-10(12)8-19-14-5-9(7-18)1-4-13(14)16/h1-6,19H,8H2. The van der Waals surface area contributed by atoms with Gasteiger partial charge in [0.1, 0.15) is 5.82 Å². The molecule has 0 atom stereocenters. The number of nitrogens with zero attached hydrogens (tertiary/aromatic N) is 1. The molecule has 2 nitrogen and oxygen atoms in total. The predicted octanol–water partition coefficient (Wildman–Crippen LogP) is 4.73. The van der Waals surface area contributed by atoms with Crippen LogP contribution >= 0.6 is 27.5 Å². The Morgan fingerprint density at radius 2 is 2.05 bits per heavy atom. The van der Waals surface area contributed by atoms with Crippen molar-refractivity contribution in [1.29, 1.82) is 5.26 Å². The highest BCUT2D eigenvalue weighted by atomic mass is 79.9. The van der Waals surface area contributed by atoms with Gasteiger partial charge in [0.2, 0.25) is 0 Å². The summed E-state index contributed by atoms with van der Waals surface area (Å²) in [6.07, 6.45) is 0. The highest BCUT2D eigenvalue weighted by molar-refractivity contribution is 9.10. The van der Waals surface area contributed by atoms with Crippen LogP contribution in [0.1, 0.15) is 11.1 Å². The molecule has 0 radical (unpaired) electrons. The lowest BCUT2D eigenvalue weighted by Crippen LogP contribution is -2.01. The third-order valence-electron chi connectivity index (χ3n) is 2.58. The Kier molecular flexibility index (Phi) is 4.41. The topological polar surface area (TPSA) is 35.8 Å². The molecule has 0 bridgehead atoms. The SMILES string of the molecule is N#Cc1ccc(Cl)c(NCc2ccc(F)cc2Br)c1. The molecule has 0 amide bonds. The monoisotopic (exact) mass is 338 g/mol. The van der Waals surface area contributed by atoms with Crippen molar-refractivity contribution in [2.45, 2.75) is 6.54 Å². The maximum atomic E-state index is 13.0. The van der Waals surface area contributed by atoms with Crippen LogP contribution in [0.25, 0.3) is 0 Å². The van der Waals surface area contributed by atoms with Crippen molar-refractivity contribution < 1.29 is 4.39 Å². The summed E-state index contributed by atoms with van der Waals surface area (Å²) in [6, 6.07) is 11.6. The fourth-order valence-electron chi connectivity index (χ4n) is 1.59. The van der Waals surface area contributed by atoms with Crippen LogP contribution in [0.2, 0.25) is 5.02 Å². The lowest BCUT2D eigenvalue weighted by molar-refractivity contribution is 0.626. The zero-order valence-corrected chi connectivity index (χ0v) is 12.1. The molecule has 0 unspecified atom stereocenters. The number of anilines is 1. The van der Waals surface area contributed by atoms with Crippen molar-refractivity contribution in [2.24, 2.45) is 0 Å². The van der Waals surface area contributed by atoms with E-state index in [1.54, 1.807) is 24.3 Å². The van der Waals surface area contributed by atoms with Gasteiger partial charge >= 0.3 is 0 Å². The van der Waals surface area contributed by atoms with Crippen LogP contribution in [-0.4, -0.2) is 0 Å². The molecule has 0 heterocycles. The third kappa shape index (κ3) is 3.46. The van der Waals surface area contributed by atoms with Crippen LogP contribution in [-0.2, 0) is 6.54 Å². The Morgan fingerprint density at radius 1 is 1.26 bits per heavy atom. The molecule has 0 aliphatic carbocycles. The first-order chi connectivity index (χ1) is 9.10. The number of rotatable bonds is 3. The second-order valence-electron chi connectivity index (χ2n) is 3.90. The molecule has 19 heavy (non-hydrogen) atoms. The second-order valence-corrected chi connectivity index (χ2v) is 5.16. The van der Waals surface area contributed by atoms with Crippen LogP contribution in [0.15, 0.2) is 40.9 Å². The molecule has 0 aromatic heterocycles. The smallest absolute Gasteiger partial charge is 0.124 e. The zero-order chi connectivity index (χ0) is 13.8. The lowest BCUT2D eigenvalue weighted by Gasteiger charge is -2.10. The van der Waals surface area contributed by atoms with Crippen LogP contribution in [0.4, 0.5) is 10.1 Å². The van der Waals surface area contributed by atoms with Gasteiger partial charge in [0.05, 0.1) is 22.3 Å². The molecule has 0 spiro atoms. The van der Waals surface area contributed by atoms with Gasteiger partial charge in [0.15, 0.2) is 0 Å². The van der Waals surface area contributed by atoms with E-state index in [9.17, 15) is 4.39 Å². The molecule has 2 aromatic carbocycles. The fraction of sp³-hybridized carbons (Fsp3) is 0.0714. The Labute approximate surface area is 123 Å². The molecule has 0 aliphatic heterocycles. The first kappa shape index (κ1) is 13.9. The van der Waals surface area contributed by atoms with E-state index in [2.05, 4.69) is 27.3 Å². The molecule has 96 valence electrons. The van der Waals surface area contributed by atoms with Gasteiger partial charge in [-0.05, 0) is 35.9 Å². The van der Waals surface area contributed by atoms with Crippen molar-refractivity contribution >= 4 is 33.2 Å². The summed E-state index contributed by atoms with van der Waals surface area (Å²) in [5, 5.41) is 12.5. The molecule has 0 saturated heterocycles. The Hall–Kier alpha value is -1.57. The zero-order valence-electron chi connectivity index (χ0n) is 9.75. The maximum absolute atomic E-state index is 13.0. The molecule has 0 fully saturated rings. The van der Waals surface area contributed by atoms with Gasteiger partial charge in [-0.3, -0.25) is 0 Å². The molecule has 0 saturated carbocycles. The summed E-state index contributed by atoms with van der Waals surface area (Å²) in [4.78, 5) is 0. The summed E-state index contributed by atoms with van der Waals surface area (Å²) >= 11 is 9.34. The molecule has 1 N–H and O–H groups in total. The van der Waals surface area contributed by atoms with Gasteiger partial charge in [-0.15, -0.1) is 0 Å². The van der Waals surface area contributed by atoms with Crippen molar-refractivity contribution in [3.8, 4) is 6.07 Å². The number of benzene rings is 2. The van der Waals surface area contributed by atoms with E-state index in [0.717, 1.165) is 5.56 Å². The number of nitrogens with one attached hydrogen (secondary N) is 1.